The third kappa shape index (κ3) is 5.17. The Kier molecular flexibility index (Phi) is 5.62. The topological polar surface area (TPSA) is 58.6 Å². The van der Waals surface area contributed by atoms with Crippen LogP contribution in [0.5, 0.6) is 5.75 Å². The molecule has 1 amide bonds. The van der Waals surface area contributed by atoms with Crippen LogP contribution in [0.25, 0.3) is 0 Å². The summed E-state index contributed by atoms with van der Waals surface area (Å²) in [5.41, 5.74) is 0. The minimum Gasteiger partial charge on any atom is -0.481 e. The molecule has 0 spiro atoms. The van der Waals surface area contributed by atoms with Crippen molar-refractivity contribution >= 4 is 5.91 Å². The van der Waals surface area contributed by atoms with E-state index < -0.39 is 36.9 Å². The second-order valence-corrected chi connectivity index (χ2v) is 3.86. The lowest BCUT2D eigenvalue weighted by Crippen LogP contribution is -2.42. The van der Waals surface area contributed by atoms with Crippen molar-refractivity contribution in [1.82, 2.24) is 5.32 Å². The summed E-state index contributed by atoms with van der Waals surface area (Å²) in [5.74, 6) is -0.813. The lowest BCUT2D eigenvalue weighted by atomic mass is 10.3. The molecule has 2 unspecified atom stereocenters. The van der Waals surface area contributed by atoms with Gasteiger partial charge in [0.25, 0.3) is 12.3 Å². The van der Waals surface area contributed by atoms with Gasteiger partial charge in [0, 0.05) is 6.54 Å². The molecule has 7 heteroatoms. The average molecular weight is 277 g/mol. The molecule has 0 aliphatic rings. The molecular formula is C12H14F3NO3. The number of carbonyl (C=O) groups excluding carboxylic acids is 1. The van der Waals surface area contributed by atoms with Crippen LogP contribution < -0.4 is 10.1 Å². The largest absolute Gasteiger partial charge is 0.481 e. The molecule has 0 aliphatic heterocycles. The number of ether oxygens (including phenoxy) is 1. The highest BCUT2D eigenvalue weighted by atomic mass is 19.3. The molecule has 0 fully saturated rings. The molecule has 0 heterocycles. The molecule has 0 saturated carbocycles. The van der Waals surface area contributed by atoms with E-state index in [0.717, 1.165) is 0 Å². The SMILES string of the molecule is CC(Oc1ccc(F)cc1)C(=O)NCC(O)C(F)F. The summed E-state index contributed by atoms with van der Waals surface area (Å²) in [6, 6.07) is 5.02. The third-order valence-electron chi connectivity index (χ3n) is 2.27. The van der Waals surface area contributed by atoms with Gasteiger partial charge in [0.1, 0.15) is 17.7 Å². The lowest BCUT2D eigenvalue weighted by molar-refractivity contribution is -0.128. The van der Waals surface area contributed by atoms with Crippen molar-refractivity contribution in [2.75, 3.05) is 6.54 Å². The summed E-state index contributed by atoms with van der Waals surface area (Å²) in [6.07, 6.45) is -5.79. The number of aliphatic hydroxyl groups excluding tert-OH is 1. The number of hydrogen-bond acceptors (Lipinski definition) is 3. The maximum absolute atomic E-state index is 12.6. The Morgan fingerprint density at radius 3 is 2.47 bits per heavy atom. The van der Waals surface area contributed by atoms with Gasteiger partial charge in [-0.1, -0.05) is 0 Å². The minimum absolute atomic E-state index is 0.276. The van der Waals surface area contributed by atoms with Crippen molar-refractivity contribution in [3.8, 4) is 5.75 Å². The number of hydrogen-bond donors (Lipinski definition) is 2. The molecule has 19 heavy (non-hydrogen) atoms. The number of nitrogens with one attached hydrogen (secondary N) is 1. The molecule has 1 aromatic carbocycles. The number of halogens is 3. The van der Waals surface area contributed by atoms with Gasteiger partial charge in [-0.25, -0.2) is 13.2 Å². The average Bonchev–Trinajstić information content (AvgIpc) is 2.37. The van der Waals surface area contributed by atoms with Gasteiger partial charge >= 0.3 is 0 Å². The Labute approximate surface area is 108 Å². The van der Waals surface area contributed by atoms with Crippen molar-refractivity contribution in [3.63, 3.8) is 0 Å². The van der Waals surface area contributed by atoms with Crippen LogP contribution in [0.3, 0.4) is 0 Å². The van der Waals surface area contributed by atoms with E-state index in [2.05, 4.69) is 5.32 Å². The van der Waals surface area contributed by atoms with Crippen molar-refractivity contribution in [3.05, 3.63) is 30.1 Å². The van der Waals surface area contributed by atoms with E-state index in [1.54, 1.807) is 0 Å². The van der Waals surface area contributed by atoms with Crippen LogP contribution in [0, 0.1) is 5.82 Å². The minimum atomic E-state index is -2.92. The number of alkyl halides is 2. The van der Waals surface area contributed by atoms with Crippen LogP contribution in [-0.4, -0.2) is 36.2 Å². The maximum Gasteiger partial charge on any atom is 0.265 e. The van der Waals surface area contributed by atoms with Crippen LogP contribution in [0.15, 0.2) is 24.3 Å². The molecule has 0 aromatic heterocycles. The maximum atomic E-state index is 12.6. The first-order valence-corrected chi connectivity index (χ1v) is 5.56. The molecule has 0 saturated heterocycles. The van der Waals surface area contributed by atoms with Crippen molar-refractivity contribution < 1.29 is 27.8 Å². The Morgan fingerprint density at radius 1 is 1.37 bits per heavy atom. The van der Waals surface area contributed by atoms with Crippen LogP contribution >= 0.6 is 0 Å². The molecule has 0 aliphatic carbocycles. The lowest BCUT2D eigenvalue weighted by Gasteiger charge is -2.16. The fraction of sp³-hybridized carbons (Fsp3) is 0.417. The monoisotopic (exact) mass is 277 g/mol. The quantitative estimate of drug-likeness (QED) is 0.825. The number of amides is 1. The van der Waals surface area contributed by atoms with Crippen molar-refractivity contribution in [1.29, 1.82) is 0 Å². The second kappa shape index (κ2) is 6.98. The van der Waals surface area contributed by atoms with E-state index in [1.807, 2.05) is 0 Å². The first-order valence-electron chi connectivity index (χ1n) is 5.56. The summed E-state index contributed by atoms with van der Waals surface area (Å²) in [5, 5.41) is 11.0. The van der Waals surface area contributed by atoms with E-state index in [4.69, 9.17) is 9.84 Å². The van der Waals surface area contributed by atoms with E-state index in [1.165, 1.54) is 31.2 Å². The summed E-state index contributed by atoms with van der Waals surface area (Å²) in [6.45, 7) is 0.848. The number of carbonyl (C=O) groups is 1. The van der Waals surface area contributed by atoms with Gasteiger partial charge in [-0.05, 0) is 31.2 Å². The summed E-state index contributed by atoms with van der Waals surface area (Å²) in [4.78, 5) is 11.5. The van der Waals surface area contributed by atoms with E-state index in [-0.39, 0.29) is 5.75 Å². The van der Waals surface area contributed by atoms with E-state index in [0.29, 0.717) is 0 Å². The Morgan fingerprint density at radius 2 is 1.95 bits per heavy atom. The van der Waals surface area contributed by atoms with E-state index in [9.17, 15) is 18.0 Å². The van der Waals surface area contributed by atoms with Gasteiger partial charge in [0.2, 0.25) is 0 Å². The highest BCUT2D eigenvalue weighted by Crippen LogP contribution is 2.13. The summed E-state index contributed by atoms with van der Waals surface area (Å²) in [7, 11) is 0. The first kappa shape index (κ1) is 15.3. The van der Waals surface area contributed by atoms with Gasteiger partial charge in [0.15, 0.2) is 6.10 Å². The fourth-order valence-electron chi connectivity index (χ4n) is 1.21. The second-order valence-electron chi connectivity index (χ2n) is 3.86. The summed E-state index contributed by atoms with van der Waals surface area (Å²) >= 11 is 0. The van der Waals surface area contributed by atoms with Crippen LogP contribution in [0.2, 0.25) is 0 Å². The predicted octanol–water partition coefficient (Wildman–Crippen LogP) is 1.34. The molecule has 106 valence electrons. The van der Waals surface area contributed by atoms with Crippen molar-refractivity contribution in [2.24, 2.45) is 0 Å². The highest BCUT2D eigenvalue weighted by molar-refractivity contribution is 5.80. The Hall–Kier alpha value is -1.76. The zero-order valence-electron chi connectivity index (χ0n) is 10.1. The Bertz CT molecular complexity index is 411. The zero-order valence-corrected chi connectivity index (χ0v) is 10.1. The van der Waals surface area contributed by atoms with Gasteiger partial charge in [0.05, 0.1) is 0 Å². The number of rotatable bonds is 6. The van der Waals surface area contributed by atoms with E-state index >= 15 is 0 Å². The standard InChI is InChI=1S/C12H14F3NO3/c1-7(12(18)16-6-10(17)11(14)15)19-9-4-2-8(13)3-5-9/h2-5,7,10-11,17H,6H2,1H3,(H,16,18). The molecule has 4 nitrogen and oxygen atoms in total. The molecule has 1 rings (SSSR count). The Balaban J connectivity index is 2.42. The zero-order chi connectivity index (χ0) is 14.4. The van der Waals surface area contributed by atoms with Crippen LogP contribution in [0.1, 0.15) is 6.92 Å². The highest BCUT2D eigenvalue weighted by Gasteiger charge is 2.20. The number of benzene rings is 1. The number of aliphatic hydroxyl groups is 1. The molecule has 2 N–H and O–H groups in total. The first-order chi connectivity index (χ1) is 8.90. The van der Waals surface area contributed by atoms with Gasteiger partial charge in [-0.2, -0.15) is 0 Å². The molecule has 2 atom stereocenters. The molecular weight excluding hydrogens is 263 g/mol. The van der Waals surface area contributed by atoms with Gasteiger partial charge in [-0.15, -0.1) is 0 Å². The molecule has 0 bridgehead atoms. The van der Waals surface area contributed by atoms with Gasteiger partial charge in [-0.3, -0.25) is 4.79 Å². The summed E-state index contributed by atoms with van der Waals surface area (Å²) < 4.78 is 41.8. The third-order valence-corrected chi connectivity index (χ3v) is 2.27. The normalized spacial score (nSPS) is 14.0. The van der Waals surface area contributed by atoms with Crippen molar-refractivity contribution in [2.45, 2.75) is 25.6 Å². The van der Waals surface area contributed by atoms with Crippen LogP contribution in [0.4, 0.5) is 13.2 Å². The molecule has 1 aromatic rings. The predicted molar refractivity (Wildman–Crippen MR) is 61.5 cm³/mol. The fourth-order valence-corrected chi connectivity index (χ4v) is 1.21. The van der Waals surface area contributed by atoms with Gasteiger partial charge < -0.3 is 15.2 Å². The molecule has 0 radical (unpaired) electrons. The van der Waals surface area contributed by atoms with Crippen LogP contribution in [-0.2, 0) is 4.79 Å². The smallest absolute Gasteiger partial charge is 0.265 e.